The van der Waals surface area contributed by atoms with Crippen molar-refractivity contribution in [3.05, 3.63) is 105 Å². The Bertz CT molecular complexity index is 2120. The fourth-order valence-electron chi connectivity index (χ4n) is 5.68. The maximum absolute atomic E-state index is 15.2. The number of halogens is 4. The molecule has 2 unspecified atom stereocenters. The monoisotopic (exact) mass is 730 g/mol. The van der Waals surface area contributed by atoms with Gasteiger partial charge in [-0.3, -0.25) is 0 Å². The van der Waals surface area contributed by atoms with Crippen LogP contribution in [0.15, 0.2) is 61.4 Å². The van der Waals surface area contributed by atoms with E-state index in [-0.39, 0.29) is 65.8 Å². The van der Waals surface area contributed by atoms with Gasteiger partial charge in [0.15, 0.2) is 0 Å². The van der Waals surface area contributed by atoms with Crippen LogP contribution in [0.3, 0.4) is 0 Å². The number of alkyl halides is 2. The van der Waals surface area contributed by atoms with Crippen LogP contribution in [0.4, 0.5) is 8.78 Å². The van der Waals surface area contributed by atoms with Crippen molar-refractivity contribution in [1.29, 1.82) is 10.5 Å². The van der Waals surface area contributed by atoms with Crippen molar-refractivity contribution in [2.75, 3.05) is 0 Å². The molecule has 2 aromatic carbocycles. The van der Waals surface area contributed by atoms with E-state index in [1.165, 1.54) is 40.2 Å². The van der Waals surface area contributed by atoms with Crippen molar-refractivity contribution in [3.63, 3.8) is 0 Å². The van der Waals surface area contributed by atoms with Crippen LogP contribution in [0.1, 0.15) is 59.3 Å². The van der Waals surface area contributed by atoms with Gasteiger partial charge in [0.25, 0.3) is 0 Å². The van der Waals surface area contributed by atoms with Crippen LogP contribution in [0.25, 0.3) is 0 Å². The summed E-state index contributed by atoms with van der Waals surface area (Å²) in [5.41, 5.74) is -1.66. The van der Waals surface area contributed by atoms with Gasteiger partial charge in [0.05, 0.1) is 38.1 Å². The first-order valence-corrected chi connectivity index (χ1v) is 20.0. The fourth-order valence-corrected chi connectivity index (χ4v) is 6.88. The standard InChI is InChI=1S/C20H21ClFN3OSi.C17H13ClFN3O/c1-27(2,3)9-6-15-4-5-17(18(21)10-15)20(26,19(22)7-8-19)13-25-14-24-12-16(25)11-23;1-2-12-3-4-14(15(18)7-12)17(23,16(19)5-6-16)10-22-11-21-9-13(22)8-20/h4-5,10,12,14,26H,7-8,13H2,1-3H3;1,3-4,7,9,11,23H,5-6,10H2. The highest BCUT2D eigenvalue weighted by Crippen LogP contribution is 2.56. The molecule has 2 fully saturated rings. The van der Waals surface area contributed by atoms with Crippen LogP contribution in [0, 0.1) is 46.5 Å². The highest BCUT2D eigenvalue weighted by atomic mass is 35.5. The van der Waals surface area contributed by atoms with Gasteiger partial charge in [-0.05, 0) is 49.9 Å². The van der Waals surface area contributed by atoms with E-state index in [2.05, 4.69) is 47.0 Å². The first kappa shape index (κ1) is 36.8. The first-order chi connectivity index (χ1) is 23.5. The topological polar surface area (TPSA) is 124 Å². The summed E-state index contributed by atoms with van der Waals surface area (Å²) in [6.07, 6.45) is 11.8. The summed E-state index contributed by atoms with van der Waals surface area (Å²) in [6.45, 7) is 6.15. The number of imidazole rings is 2. The van der Waals surface area contributed by atoms with Gasteiger partial charge >= 0.3 is 0 Å². The minimum Gasteiger partial charge on any atom is -0.380 e. The summed E-state index contributed by atoms with van der Waals surface area (Å²) >= 11 is 12.7. The Morgan fingerprint density at radius 3 is 1.60 bits per heavy atom. The molecular weight excluding hydrogens is 697 g/mol. The predicted octanol–water partition coefficient (Wildman–Crippen LogP) is 6.81. The normalized spacial score (nSPS) is 17.6. The average Bonchev–Trinajstić information content (AvgIpc) is 3.90. The van der Waals surface area contributed by atoms with E-state index >= 15 is 4.39 Å². The van der Waals surface area contributed by atoms with Crippen LogP contribution in [0.2, 0.25) is 29.7 Å². The van der Waals surface area contributed by atoms with Gasteiger partial charge < -0.3 is 19.3 Å². The Morgan fingerprint density at radius 1 is 0.820 bits per heavy atom. The molecule has 0 amide bonds. The predicted molar refractivity (Wildman–Crippen MR) is 189 cm³/mol. The summed E-state index contributed by atoms with van der Waals surface area (Å²) < 4.78 is 33.0. The van der Waals surface area contributed by atoms with Gasteiger partial charge in [-0.15, -0.1) is 12.0 Å². The zero-order valence-corrected chi connectivity index (χ0v) is 30.2. The van der Waals surface area contributed by atoms with Crippen molar-refractivity contribution < 1.29 is 19.0 Å². The molecule has 6 rings (SSSR count). The number of aliphatic hydroxyl groups is 2. The third kappa shape index (κ3) is 7.35. The molecule has 0 bridgehead atoms. The van der Waals surface area contributed by atoms with Crippen LogP contribution >= 0.6 is 23.2 Å². The molecule has 2 atom stereocenters. The number of rotatable bonds is 8. The minimum absolute atomic E-state index is 0.133. The van der Waals surface area contributed by atoms with Crippen molar-refractivity contribution in [1.82, 2.24) is 19.1 Å². The summed E-state index contributed by atoms with van der Waals surface area (Å²) in [7, 11) is -1.54. The van der Waals surface area contributed by atoms with Crippen molar-refractivity contribution in [2.45, 2.75) is 81.0 Å². The summed E-state index contributed by atoms with van der Waals surface area (Å²) in [5.74, 6) is 5.56. The largest absolute Gasteiger partial charge is 0.380 e. The zero-order chi connectivity index (χ0) is 36.5. The lowest BCUT2D eigenvalue weighted by molar-refractivity contribution is -0.0697. The van der Waals surface area contributed by atoms with Gasteiger partial charge in [-0.25, -0.2) is 18.7 Å². The maximum Gasteiger partial charge on any atom is 0.145 e. The Kier molecular flexibility index (Phi) is 10.1. The molecule has 2 aromatic heterocycles. The molecule has 2 saturated carbocycles. The molecule has 0 saturated heterocycles. The van der Waals surface area contributed by atoms with E-state index in [9.17, 15) is 19.9 Å². The Hall–Kier alpha value is -4.46. The summed E-state index contributed by atoms with van der Waals surface area (Å²) in [6, 6.07) is 13.7. The number of nitriles is 2. The number of hydrogen-bond acceptors (Lipinski definition) is 6. The third-order valence-corrected chi connectivity index (χ3v) is 10.4. The Labute approximate surface area is 300 Å². The van der Waals surface area contributed by atoms with Crippen LogP contribution in [-0.4, -0.2) is 48.7 Å². The van der Waals surface area contributed by atoms with Crippen LogP contribution in [0.5, 0.6) is 0 Å². The number of aromatic nitrogens is 4. The lowest BCUT2D eigenvalue weighted by Crippen LogP contribution is -2.43. The number of benzene rings is 2. The van der Waals surface area contributed by atoms with Gasteiger partial charge in [-0.1, -0.05) is 66.8 Å². The van der Waals surface area contributed by atoms with Gasteiger partial charge in [0, 0.05) is 32.3 Å². The van der Waals surface area contributed by atoms with Crippen molar-refractivity contribution >= 4 is 31.3 Å². The molecule has 13 heteroatoms. The molecular formula is C37H34Cl2F2N6O2Si. The quantitative estimate of drug-likeness (QED) is 0.152. The second kappa shape index (κ2) is 13.7. The number of hydrogen-bond donors (Lipinski definition) is 2. The van der Waals surface area contributed by atoms with Crippen molar-refractivity contribution in [3.8, 4) is 35.9 Å². The van der Waals surface area contributed by atoms with E-state index in [0.717, 1.165) is 5.56 Å². The minimum atomic E-state index is -1.86. The van der Waals surface area contributed by atoms with Gasteiger partial charge in [0.2, 0.25) is 0 Å². The molecule has 0 aliphatic heterocycles. The third-order valence-electron chi connectivity index (χ3n) is 8.89. The fraction of sp³-hybridized carbons (Fsp3) is 0.351. The van der Waals surface area contributed by atoms with E-state index in [0.29, 0.717) is 11.1 Å². The molecule has 0 radical (unpaired) electrons. The average molecular weight is 732 g/mol. The summed E-state index contributed by atoms with van der Waals surface area (Å²) in [5, 5.41) is 41.2. The molecule has 8 nitrogen and oxygen atoms in total. The molecule has 4 aromatic rings. The molecule has 2 heterocycles. The molecule has 2 aliphatic rings. The highest BCUT2D eigenvalue weighted by molar-refractivity contribution is 6.83. The molecule has 2 aliphatic carbocycles. The first-order valence-electron chi connectivity index (χ1n) is 15.7. The van der Waals surface area contributed by atoms with Gasteiger partial charge in [0.1, 0.15) is 54.1 Å². The van der Waals surface area contributed by atoms with Crippen LogP contribution < -0.4 is 0 Å². The highest BCUT2D eigenvalue weighted by Gasteiger charge is 2.62. The Balaban J connectivity index is 0.000000197. The molecule has 50 heavy (non-hydrogen) atoms. The lowest BCUT2D eigenvalue weighted by atomic mass is 9.86. The van der Waals surface area contributed by atoms with E-state index in [1.54, 1.807) is 30.3 Å². The van der Waals surface area contributed by atoms with E-state index < -0.39 is 30.6 Å². The number of terminal acetylenes is 1. The lowest BCUT2D eigenvalue weighted by Gasteiger charge is -2.33. The maximum atomic E-state index is 15.2. The second-order valence-corrected chi connectivity index (χ2v) is 19.3. The second-order valence-electron chi connectivity index (χ2n) is 13.7. The number of nitrogens with zero attached hydrogens (tertiary/aromatic N) is 6. The molecule has 0 spiro atoms. The SMILES string of the molecule is C#Cc1ccc(C(O)(Cn2cncc2C#N)C2(F)CC2)c(Cl)c1.C[Si](C)(C)C#Cc1ccc(C(O)(Cn2cncc2C#N)C2(F)CC2)c(Cl)c1. The van der Waals surface area contributed by atoms with E-state index in [4.69, 9.17) is 34.9 Å². The molecule has 256 valence electrons. The van der Waals surface area contributed by atoms with Gasteiger partial charge in [-0.2, -0.15) is 10.5 Å². The Morgan fingerprint density at radius 2 is 1.24 bits per heavy atom. The zero-order valence-electron chi connectivity index (χ0n) is 27.7. The van der Waals surface area contributed by atoms with Crippen LogP contribution in [-0.2, 0) is 24.3 Å². The summed E-state index contributed by atoms with van der Waals surface area (Å²) in [4.78, 5) is 7.79. The molecule has 2 N–H and O–H groups in total. The van der Waals surface area contributed by atoms with Crippen molar-refractivity contribution in [2.24, 2.45) is 0 Å². The smallest absolute Gasteiger partial charge is 0.145 e. The van der Waals surface area contributed by atoms with E-state index in [1.807, 2.05) is 12.1 Å².